The van der Waals surface area contributed by atoms with Crippen LogP contribution in [0.5, 0.6) is 0 Å². The number of rotatable bonds is 43. The molecule has 0 spiro atoms. The van der Waals surface area contributed by atoms with Crippen LogP contribution < -0.4 is 0 Å². The van der Waals surface area contributed by atoms with Gasteiger partial charge < -0.3 is 14.2 Å². The van der Waals surface area contributed by atoms with Crippen molar-refractivity contribution in [2.24, 2.45) is 0 Å². The summed E-state index contributed by atoms with van der Waals surface area (Å²) >= 11 is 0. The molecule has 0 aliphatic rings. The Kier molecular flexibility index (Phi) is 46.0. The third-order valence-electron chi connectivity index (χ3n) is 10.2. The molecule has 0 aromatic carbocycles. The highest BCUT2D eigenvalue weighted by molar-refractivity contribution is 5.71. The van der Waals surface area contributed by atoms with E-state index in [4.69, 9.17) is 14.2 Å². The lowest BCUT2D eigenvalue weighted by Crippen LogP contribution is -2.30. The smallest absolute Gasteiger partial charge is 0.306 e. The Labute approximate surface area is 375 Å². The average molecular weight is 847 g/mol. The molecule has 0 aromatic rings. The molecule has 6 nitrogen and oxygen atoms in total. The minimum atomic E-state index is -0.809. The van der Waals surface area contributed by atoms with Crippen LogP contribution in [0.1, 0.15) is 213 Å². The minimum absolute atomic E-state index is 0.105. The van der Waals surface area contributed by atoms with Crippen molar-refractivity contribution in [3.05, 3.63) is 97.2 Å². The largest absolute Gasteiger partial charge is 0.462 e. The summed E-state index contributed by atoms with van der Waals surface area (Å²) < 4.78 is 16.7. The van der Waals surface area contributed by atoms with Gasteiger partial charge in [0.15, 0.2) is 6.10 Å². The van der Waals surface area contributed by atoms with E-state index in [2.05, 4.69) is 81.5 Å². The molecule has 0 aromatic heterocycles. The molecule has 0 aliphatic heterocycles. The Hall–Kier alpha value is -3.67. The summed E-state index contributed by atoms with van der Waals surface area (Å²) in [5.74, 6) is -0.984. The van der Waals surface area contributed by atoms with Crippen molar-refractivity contribution in [3.63, 3.8) is 0 Å². The van der Waals surface area contributed by atoms with Crippen molar-refractivity contribution in [2.75, 3.05) is 13.2 Å². The molecule has 1 unspecified atom stereocenters. The van der Waals surface area contributed by atoms with Gasteiger partial charge in [0.1, 0.15) is 13.2 Å². The van der Waals surface area contributed by atoms with Crippen molar-refractivity contribution in [1.82, 2.24) is 0 Å². The second-order valence-electron chi connectivity index (χ2n) is 16.1. The summed E-state index contributed by atoms with van der Waals surface area (Å²) in [6.07, 6.45) is 63.9. The van der Waals surface area contributed by atoms with E-state index < -0.39 is 6.10 Å². The lowest BCUT2D eigenvalue weighted by atomic mass is 10.1. The van der Waals surface area contributed by atoms with Gasteiger partial charge in [0, 0.05) is 19.3 Å². The van der Waals surface area contributed by atoms with Crippen LogP contribution in [0.4, 0.5) is 0 Å². The molecule has 1 atom stereocenters. The molecule has 0 heterocycles. The van der Waals surface area contributed by atoms with Gasteiger partial charge in [-0.05, 0) is 83.5 Å². The van der Waals surface area contributed by atoms with Crippen molar-refractivity contribution >= 4 is 17.9 Å². The quantitative estimate of drug-likeness (QED) is 0.0263. The summed E-state index contributed by atoms with van der Waals surface area (Å²) in [4.78, 5) is 37.9. The monoisotopic (exact) mass is 847 g/mol. The van der Waals surface area contributed by atoms with Crippen LogP contribution in [0.3, 0.4) is 0 Å². The number of carbonyl (C=O) groups is 3. The first-order valence-corrected chi connectivity index (χ1v) is 24.8. The maximum absolute atomic E-state index is 12.7. The van der Waals surface area contributed by atoms with Crippen LogP contribution in [0.2, 0.25) is 0 Å². The zero-order chi connectivity index (χ0) is 44.4. The fraction of sp³-hybridized carbons (Fsp3) is 0.655. The van der Waals surface area contributed by atoms with Gasteiger partial charge in [-0.2, -0.15) is 0 Å². The van der Waals surface area contributed by atoms with E-state index in [1.807, 2.05) is 36.5 Å². The van der Waals surface area contributed by atoms with Gasteiger partial charge in [0.25, 0.3) is 0 Å². The number of hydrogen-bond donors (Lipinski definition) is 0. The zero-order valence-corrected chi connectivity index (χ0v) is 39.4. The van der Waals surface area contributed by atoms with Crippen molar-refractivity contribution in [3.8, 4) is 0 Å². The predicted octanol–water partition coefficient (Wildman–Crippen LogP) is 16.2. The van der Waals surface area contributed by atoms with Crippen LogP contribution in [0.15, 0.2) is 97.2 Å². The molecule has 61 heavy (non-hydrogen) atoms. The van der Waals surface area contributed by atoms with E-state index in [1.165, 1.54) is 89.9 Å². The molecular weight excluding hydrogens is 757 g/mol. The second-order valence-corrected chi connectivity index (χ2v) is 16.1. The average Bonchev–Trinajstić information content (AvgIpc) is 3.26. The molecule has 0 saturated heterocycles. The van der Waals surface area contributed by atoms with Crippen LogP contribution in [-0.4, -0.2) is 37.2 Å². The number of unbranched alkanes of at least 4 members (excludes halogenated alkanes) is 21. The molecule has 0 radical (unpaired) electrons. The fourth-order valence-electron chi connectivity index (χ4n) is 6.42. The standard InChI is InChI=1S/C55H90O6/c1-4-7-10-13-16-19-22-24-25-26-27-28-29-31-33-36-39-42-45-48-54(57)60-51-52(50-59-53(56)47-44-41-38-35-32-21-18-15-12-9-6-3)61-55(58)49-46-43-40-37-34-30-23-20-17-14-11-8-5-2/h8,11,14-24,30,32,34,52H,4-7,9-10,12-13,25-29,31,33,35-51H2,1-3H3/b11-8-,17-14-,18-15-,19-16-,23-20-,24-22-,32-21-,34-30-. The van der Waals surface area contributed by atoms with Crippen LogP contribution in [0.25, 0.3) is 0 Å². The molecule has 0 amide bonds. The first-order chi connectivity index (χ1) is 30.0. The minimum Gasteiger partial charge on any atom is -0.462 e. The number of esters is 3. The maximum atomic E-state index is 12.7. The molecule has 346 valence electrons. The molecule has 0 saturated carbocycles. The van der Waals surface area contributed by atoms with Crippen LogP contribution in [0, 0.1) is 0 Å². The van der Waals surface area contributed by atoms with E-state index in [0.29, 0.717) is 19.3 Å². The van der Waals surface area contributed by atoms with E-state index in [-0.39, 0.29) is 37.5 Å². The van der Waals surface area contributed by atoms with E-state index in [1.54, 1.807) is 0 Å². The maximum Gasteiger partial charge on any atom is 0.306 e. The molecule has 0 rings (SSSR count). The lowest BCUT2D eigenvalue weighted by Gasteiger charge is -2.18. The SMILES string of the molecule is CC\C=C/C=C\C=C/C=C\CCCCCC(=O)OC(COC(=O)CCCCC/C=C\C=C/CCCC)COC(=O)CCCCCCCCCCCC/C=C\C=C/CCCCC. The van der Waals surface area contributed by atoms with Gasteiger partial charge >= 0.3 is 17.9 Å². The van der Waals surface area contributed by atoms with Gasteiger partial charge in [-0.3, -0.25) is 14.4 Å². The molecule has 0 bridgehead atoms. The number of carbonyl (C=O) groups excluding carboxylic acids is 3. The third-order valence-corrected chi connectivity index (χ3v) is 10.2. The topological polar surface area (TPSA) is 78.9 Å². The Morgan fingerprint density at radius 2 is 0.656 bits per heavy atom. The molecular formula is C55H90O6. The highest BCUT2D eigenvalue weighted by Crippen LogP contribution is 2.14. The Balaban J connectivity index is 4.42. The second kappa shape index (κ2) is 49.0. The fourth-order valence-corrected chi connectivity index (χ4v) is 6.42. The van der Waals surface area contributed by atoms with Gasteiger partial charge in [-0.1, -0.05) is 208 Å². The number of allylic oxidation sites excluding steroid dienone is 16. The van der Waals surface area contributed by atoms with Crippen molar-refractivity contribution < 1.29 is 28.6 Å². The van der Waals surface area contributed by atoms with E-state index in [9.17, 15) is 14.4 Å². The summed E-state index contributed by atoms with van der Waals surface area (Å²) in [7, 11) is 0. The first kappa shape index (κ1) is 57.3. The normalized spacial score (nSPS) is 12.9. The number of ether oxygens (including phenoxy) is 3. The highest BCUT2D eigenvalue weighted by atomic mass is 16.6. The van der Waals surface area contributed by atoms with Gasteiger partial charge in [0.2, 0.25) is 0 Å². The Morgan fingerprint density at radius 3 is 1.08 bits per heavy atom. The zero-order valence-electron chi connectivity index (χ0n) is 39.4. The van der Waals surface area contributed by atoms with E-state index >= 15 is 0 Å². The lowest BCUT2D eigenvalue weighted by molar-refractivity contribution is -0.167. The molecule has 0 fully saturated rings. The van der Waals surface area contributed by atoms with Crippen molar-refractivity contribution in [2.45, 2.75) is 219 Å². The third kappa shape index (κ3) is 47.2. The Bertz CT molecular complexity index is 1250. The molecule has 6 heteroatoms. The van der Waals surface area contributed by atoms with Gasteiger partial charge in [-0.25, -0.2) is 0 Å². The highest BCUT2D eigenvalue weighted by Gasteiger charge is 2.19. The number of hydrogen-bond acceptors (Lipinski definition) is 6. The summed E-state index contributed by atoms with van der Waals surface area (Å²) in [5, 5.41) is 0. The Morgan fingerprint density at radius 1 is 0.344 bits per heavy atom. The predicted molar refractivity (Wildman–Crippen MR) is 260 cm³/mol. The van der Waals surface area contributed by atoms with Gasteiger partial charge in [-0.15, -0.1) is 0 Å². The van der Waals surface area contributed by atoms with Gasteiger partial charge in [0.05, 0.1) is 0 Å². The van der Waals surface area contributed by atoms with Crippen LogP contribution in [-0.2, 0) is 28.6 Å². The summed E-state index contributed by atoms with van der Waals surface area (Å²) in [6.45, 7) is 6.34. The first-order valence-electron chi connectivity index (χ1n) is 24.8. The summed E-state index contributed by atoms with van der Waals surface area (Å²) in [6, 6.07) is 0. The molecule has 0 aliphatic carbocycles. The van der Waals surface area contributed by atoms with E-state index in [0.717, 1.165) is 77.0 Å². The van der Waals surface area contributed by atoms with Crippen molar-refractivity contribution in [1.29, 1.82) is 0 Å². The summed E-state index contributed by atoms with van der Waals surface area (Å²) in [5.41, 5.74) is 0. The van der Waals surface area contributed by atoms with Crippen LogP contribution >= 0.6 is 0 Å². The molecule has 0 N–H and O–H groups in total.